The van der Waals surface area contributed by atoms with E-state index in [0.29, 0.717) is 12.3 Å². The van der Waals surface area contributed by atoms with E-state index in [1.807, 2.05) is 0 Å². The molecule has 0 aromatic carbocycles. The first kappa shape index (κ1) is 39.5. The second-order valence-electron chi connectivity index (χ2n) is 13.8. The number of carbonyl (C=O) groups is 1. The van der Waals surface area contributed by atoms with Crippen LogP contribution in [-0.2, 0) is 23.7 Å². The highest BCUT2D eigenvalue weighted by Crippen LogP contribution is 2.48. The topological polar surface area (TPSA) is 208 Å². The van der Waals surface area contributed by atoms with Gasteiger partial charge in [0.1, 0.15) is 30.5 Å². The Labute approximate surface area is 273 Å². The zero-order chi connectivity index (χ0) is 33.9. The van der Waals surface area contributed by atoms with Gasteiger partial charge in [0, 0.05) is 12.3 Å². The van der Waals surface area contributed by atoms with Crippen molar-refractivity contribution in [3.63, 3.8) is 0 Å². The van der Waals surface area contributed by atoms with Crippen molar-refractivity contribution in [1.82, 2.24) is 5.32 Å². The largest absolute Gasteiger partial charge is 0.394 e. The molecule has 1 aliphatic carbocycles. The molecule has 2 aliphatic heterocycles. The van der Waals surface area contributed by atoms with Crippen LogP contribution in [0.25, 0.3) is 0 Å². The molecule has 11 atom stereocenters. The summed E-state index contributed by atoms with van der Waals surface area (Å²) in [5.74, 6) is -0.269. The van der Waals surface area contributed by atoms with Gasteiger partial charge in [-0.25, -0.2) is 0 Å². The molecule has 2 heterocycles. The van der Waals surface area contributed by atoms with Crippen LogP contribution in [0, 0.1) is 17.3 Å². The van der Waals surface area contributed by atoms with Crippen LogP contribution in [0.4, 0.5) is 0 Å². The van der Waals surface area contributed by atoms with Crippen molar-refractivity contribution in [1.29, 1.82) is 0 Å². The highest BCUT2D eigenvalue weighted by atomic mass is 16.7. The lowest BCUT2D eigenvalue weighted by Gasteiger charge is -2.44. The molecule has 5 unspecified atom stereocenters. The van der Waals surface area contributed by atoms with Crippen LogP contribution in [0.5, 0.6) is 0 Å². The highest BCUT2D eigenvalue weighted by molar-refractivity contribution is 5.77. The van der Waals surface area contributed by atoms with Gasteiger partial charge in [-0.05, 0) is 37.0 Å². The third-order valence-electron chi connectivity index (χ3n) is 10.4. The summed E-state index contributed by atoms with van der Waals surface area (Å²) in [5, 5.41) is 74.3. The number of amides is 1. The first-order chi connectivity index (χ1) is 22.0. The fourth-order valence-electron chi connectivity index (χ4n) is 7.40. The van der Waals surface area contributed by atoms with Gasteiger partial charge >= 0.3 is 0 Å². The molecule has 1 amide bonds. The van der Waals surface area contributed by atoms with Crippen LogP contribution in [0.2, 0.25) is 0 Å². The van der Waals surface area contributed by atoms with E-state index in [9.17, 15) is 40.5 Å². The van der Waals surface area contributed by atoms with Gasteiger partial charge in [0.2, 0.25) is 5.91 Å². The van der Waals surface area contributed by atoms with E-state index < -0.39 is 73.9 Å². The quantitative estimate of drug-likeness (QED) is 0.102. The van der Waals surface area contributed by atoms with E-state index in [1.54, 1.807) is 6.92 Å². The van der Waals surface area contributed by atoms with Gasteiger partial charge in [0.05, 0.1) is 44.7 Å². The zero-order valence-electron chi connectivity index (χ0n) is 27.9. The standard InChI is InChI=1S/C33H61NO12/c1-4-6-13-33(14-7-5-2,21-11-9-8-10-12-21)15-25(37)34-22(18-43-31-29(41)26(38)20(3)23(16-35)45-31)19-44-32-30(42)28(40)27(39)24(17-36)46-32/h20-24,26-32,35-36,38-42H,4-19H2,1-3H3,(H,34,37)/t20-,22?,23?,24?,26?,27-,28?,29+,30+,31-,32-/m0/s1. The van der Waals surface area contributed by atoms with Gasteiger partial charge in [0.25, 0.3) is 0 Å². The molecular formula is C33H61NO12. The fourth-order valence-corrected chi connectivity index (χ4v) is 7.40. The maximum Gasteiger partial charge on any atom is 0.220 e. The number of aliphatic hydroxyl groups excluding tert-OH is 7. The first-order valence-electron chi connectivity index (χ1n) is 17.5. The maximum absolute atomic E-state index is 13.9. The Bertz CT molecular complexity index is 824. The fraction of sp³-hybridized carbons (Fsp3) is 0.970. The predicted molar refractivity (Wildman–Crippen MR) is 167 cm³/mol. The summed E-state index contributed by atoms with van der Waals surface area (Å²) in [7, 11) is 0. The Hall–Kier alpha value is -0.970. The van der Waals surface area contributed by atoms with Gasteiger partial charge < -0.3 is 60.0 Å². The summed E-state index contributed by atoms with van der Waals surface area (Å²) in [4.78, 5) is 13.9. The normalized spacial score (nSPS) is 35.2. The molecule has 270 valence electrons. The van der Waals surface area contributed by atoms with Gasteiger partial charge in [-0.3, -0.25) is 4.79 Å². The summed E-state index contributed by atoms with van der Waals surface area (Å²) in [6.45, 7) is 4.51. The number of unbranched alkanes of at least 4 members (excludes halogenated alkanes) is 2. The van der Waals surface area contributed by atoms with E-state index in [0.717, 1.165) is 51.4 Å². The van der Waals surface area contributed by atoms with Crippen molar-refractivity contribution in [2.75, 3.05) is 26.4 Å². The Morgan fingerprint density at radius 2 is 1.30 bits per heavy atom. The number of aliphatic hydroxyl groups is 7. The molecular weight excluding hydrogens is 602 g/mol. The smallest absolute Gasteiger partial charge is 0.220 e. The van der Waals surface area contributed by atoms with Crippen LogP contribution < -0.4 is 5.32 Å². The summed E-state index contributed by atoms with van der Waals surface area (Å²) in [6.07, 6.45) is 0.128. The van der Waals surface area contributed by atoms with Gasteiger partial charge in [-0.15, -0.1) is 0 Å². The molecule has 0 radical (unpaired) electrons. The molecule has 1 saturated carbocycles. The van der Waals surface area contributed by atoms with Crippen LogP contribution in [0.15, 0.2) is 0 Å². The SMILES string of the molecule is CCCCC(CCCC)(CC(=O)NC(CO[C@H]1OC(CO)[C@H](C)C(O)[C@H]1O)CO[C@H]1OC(CO)[C@H](O)C(O)[C@H]1O)C1CCCCC1. The number of hydrogen-bond acceptors (Lipinski definition) is 12. The van der Waals surface area contributed by atoms with E-state index in [2.05, 4.69) is 19.2 Å². The Balaban J connectivity index is 1.78. The summed E-state index contributed by atoms with van der Waals surface area (Å²) in [6, 6.07) is -0.832. The van der Waals surface area contributed by atoms with Crippen molar-refractivity contribution in [3.05, 3.63) is 0 Å². The molecule has 8 N–H and O–H groups in total. The number of nitrogens with one attached hydrogen (secondary N) is 1. The summed E-state index contributed by atoms with van der Waals surface area (Å²) >= 11 is 0. The third-order valence-corrected chi connectivity index (χ3v) is 10.4. The number of rotatable bonds is 18. The minimum absolute atomic E-state index is 0.142. The third kappa shape index (κ3) is 10.3. The molecule has 0 spiro atoms. The minimum atomic E-state index is -1.63. The van der Waals surface area contributed by atoms with Crippen LogP contribution in [0.1, 0.15) is 97.8 Å². The van der Waals surface area contributed by atoms with Crippen molar-refractivity contribution < 1.29 is 59.5 Å². The maximum atomic E-state index is 13.9. The van der Waals surface area contributed by atoms with Crippen molar-refractivity contribution in [2.45, 2.75) is 159 Å². The van der Waals surface area contributed by atoms with Gasteiger partial charge in [-0.2, -0.15) is 0 Å². The number of carbonyl (C=O) groups excluding carboxylic acids is 1. The minimum Gasteiger partial charge on any atom is -0.394 e. The van der Waals surface area contributed by atoms with Gasteiger partial charge in [0.15, 0.2) is 12.6 Å². The summed E-state index contributed by atoms with van der Waals surface area (Å²) in [5.41, 5.74) is -0.142. The summed E-state index contributed by atoms with van der Waals surface area (Å²) < 4.78 is 22.9. The van der Waals surface area contributed by atoms with Crippen molar-refractivity contribution >= 4 is 5.91 Å². The molecule has 3 rings (SSSR count). The van der Waals surface area contributed by atoms with E-state index in [1.165, 1.54) is 19.3 Å². The Morgan fingerprint density at radius 1 is 0.783 bits per heavy atom. The molecule has 13 heteroatoms. The second kappa shape index (κ2) is 19.3. The molecule has 3 aliphatic rings. The van der Waals surface area contributed by atoms with E-state index in [-0.39, 0.29) is 31.1 Å². The number of hydrogen-bond donors (Lipinski definition) is 8. The van der Waals surface area contributed by atoms with Crippen LogP contribution >= 0.6 is 0 Å². The number of ether oxygens (including phenoxy) is 4. The second-order valence-corrected chi connectivity index (χ2v) is 13.8. The zero-order valence-corrected chi connectivity index (χ0v) is 27.9. The average Bonchev–Trinajstić information content (AvgIpc) is 3.06. The lowest BCUT2D eigenvalue weighted by atomic mass is 9.62. The molecule has 0 aromatic rings. The Morgan fingerprint density at radius 3 is 1.83 bits per heavy atom. The molecule has 13 nitrogen and oxygen atoms in total. The monoisotopic (exact) mass is 663 g/mol. The van der Waals surface area contributed by atoms with Crippen LogP contribution in [0.3, 0.4) is 0 Å². The van der Waals surface area contributed by atoms with E-state index >= 15 is 0 Å². The van der Waals surface area contributed by atoms with E-state index in [4.69, 9.17) is 18.9 Å². The lowest BCUT2D eigenvalue weighted by Crippen LogP contribution is -2.60. The molecule has 0 aromatic heterocycles. The first-order valence-corrected chi connectivity index (χ1v) is 17.5. The molecule has 0 bridgehead atoms. The molecule has 46 heavy (non-hydrogen) atoms. The Kier molecular flexibility index (Phi) is 16.5. The van der Waals surface area contributed by atoms with Crippen molar-refractivity contribution in [2.24, 2.45) is 17.3 Å². The average molecular weight is 664 g/mol. The molecule has 2 saturated heterocycles. The lowest BCUT2D eigenvalue weighted by molar-refractivity contribution is -0.306. The predicted octanol–water partition coefficient (Wildman–Crippen LogP) is 0.717. The van der Waals surface area contributed by atoms with Crippen LogP contribution in [-0.4, -0.2) is 129 Å². The molecule has 3 fully saturated rings. The van der Waals surface area contributed by atoms with Gasteiger partial charge in [-0.1, -0.05) is 65.7 Å². The highest BCUT2D eigenvalue weighted by Gasteiger charge is 2.46. The van der Waals surface area contributed by atoms with Crippen molar-refractivity contribution in [3.8, 4) is 0 Å².